The number of pyridine rings is 3. The van der Waals surface area contributed by atoms with Gasteiger partial charge in [0.15, 0.2) is 0 Å². The molecule has 1 saturated carbocycles. The normalized spacial score (nSPS) is 19.9. The second kappa shape index (κ2) is 45.7. The van der Waals surface area contributed by atoms with Gasteiger partial charge in [-0.3, -0.25) is 43.7 Å². The lowest BCUT2D eigenvalue weighted by atomic mass is 9.79. The number of carbonyl (C=O) groups is 6. The van der Waals surface area contributed by atoms with Crippen molar-refractivity contribution < 1.29 is 156 Å². The Morgan fingerprint density at radius 2 is 0.728 bits per heavy atom. The number of para-hydroxylation sites is 6. The maximum atomic E-state index is 14.8. The maximum absolute atomic E-state index is 14.8. The lowest BCUT2D eigenvalue weighted by Crippen LogP contribution is -2.71. The number of alkyl halides is 18. The molecule has 6 aromatic carbocycles. The first-order valence-corrected chi connectivity index (χ1v) is 46.9. The fourth-order valence-corrected chi connectivity index (χ4v) is 19.2. The van der Waals surface area contributed by atoms with Crippen molar-refractivity contribution in [2.75, 3.05) is 180 Å². The third kappa shape index (κ3) is 25.7. The van der Waals surface area contributed by atoms with Gasteiger partial charge in [-0.1, -0.05) is 43.3 Å². The summed E-state index contributed by atoms with van der Waals surface area (Å²) >= 11 is 0. The van der Waals surface area contributed by atoms with Gasteiger partial charge in [0.05, 0.1) is 100 Å². The molecule has 9 heterocycles. The van der Waals surface area contributed by atoms with Gasteiger partial charge < -0.3 is 91.8 Å². The van der Waals surface area contributed by atoms with Crippen LogP contribution in [0.3, 0.4) is 0 Å². The van der Waals surface area contributed by atoms with Crippen LogP contribution < -0.4 is 47.9 Å². The van der Waals surface area contributed by atoms with Gasteiger partial charge in [-0.15, -0.1) is 13.2 Å². The number of aliphatic hydroxyl groups is 1. The fraction of sp³-hybridized carbons (Fsp3) is 0.436. The Hall–Kier alpha value is -13.8. The number of hydrogen-bond donors (Lipinski definition) is 1. The van der Waals surface area contributed by atoms with Crippen LogP contribution in [0.4, 0.5) is 96.1 Å². The molecule has 0 bridgehead atoms. The lowest BCUT2D eigenvalue weighted by molar-refractivity contribution is -0.274. The van der Waals surface area contributed by atoms with Crippen molar-refractivity contribution in [3.63, 3.8) is 0 Å². The molecule has 9 aromatic rings. The summed E-state index contributed by atoms with van der Waals surface area (Å²) in [6.07, 6.45) is -22.2. The molecule has 6 saturated heterocycles. The summed E-state index contributed by atoms with van der Waals surface area (Å²) in [6.45, 7) is 6.12. The molecule has 1 spiro atoms. The molecular formula is C101H104F18N12O16. The SMILES string of the molecule is COCCOc1ccccc1N1CCN(C(=O)C2(Oc3ccc(C(F)(F)F)cc3)CCCN(C(=O)c3cnccc3C(F)(F)F)C23CC3)CC1.COCCOc1ccccc1N1CCN(C(=O)[C@]2(Oc3ccc(C(F)(F)F)cc3)C[C@H](C)CN(C(=O)c3cnccc3C(F)(F)F)C2)CC1.O=C(c1cnccc1C(F)(F)F)N1CCCC(Oc2ccc(OC(F)(F)F)cc2)(C(=O)N2CCN(c3ccccc3OCCO)CC2)C1. The smallest absolute Gasteiger partial charge is 0.489 e. The molecule has 16 rings (SSSR count). The molecule has 4 atom stereocenters. The minimum atomic E-state index is -4.93. The Balaban J connectivity index is 0.000000174. The number of halogens is 18. The number of hydrogen-bond acceptors (Lipinski definition) is 22. The van der Waals surface area contributed by atoms with E-state index in [9.17, 15) is 113 Å². The Labute approximate surface area is 831 Å². The molecule has 28 nitrogen and oxygen atoms in total. The van der Waals surface area contributed by atoms with Gasteiger partial charge >= 0.3 is 37.2 Å². The number of anilines is 3. The van der Waals surface area contributed by atoms with Crippen LogP contribution in [-0.4, -0.2) is 279 Å². The van der Waals surface area contributed by atoms with Crippen molar-refractivity contribution in [1.82, 2.24) is 44.4 Å². The zero-order chi connectivity index (χ0) is 106. The highest BCUT2D eigenvalue weighted by atomic mass is 19.4. The fourth-order valence-electron chi connectivity index (χ4n) is 19.2. The summed E-state index contributed by atoms with van der Waals surface area (Å²) in [4.78, 5) is 110. The Morgan fingerprint density at radius 3 is 1.13 bits per heavy atom. The van der Waals surface area contributed by atoms with Crippen LogP contribution in [0, 0.1) is 5.92 Å². The molecule has 0 radical (unpaired) electrons. The first-order chi connectivity index (χ1) is 69.8. The molecule has 6 aliphatic heterocycles. The highest BCUT2D eigenvalue weighted by Gasteiger charge is 2.72. The van der Waals surface area contributed by atoms with Crippen LogP contribution in [-0.2, 0) is 54.7 Å². The molecule has 1 N–H and O–H groups in total. The van der Waals surface area contributed by atoms with Gasteiger partial charge in [-0.05, 0) is 165 Å². The van der Waals surface area contributed by atoms with E-state index in [2.05, 4.69) is 29.5 Å². The topological polar surface area (TPSA) is 274 Å². The molecule has 790 valence electrons. The summed E-state index contributed by atoms with van der Waals surface area (Å²) in [5, 5.41) is 9.18. The number of amides is 6. The molecular weight excluding hydrogens is 1980 g/mol. The van der Waals surface area contributed by atoms with Gasteiger partial charge in [0.2, 0.25) is 16.8 Å². The third-order valence-electron chi connectivity index (χ3n) is 26.1. The first-order valence-electron chi connectivity index (χ1n) is 46.9. The van der Waals surface area contributed by atoms with E-state index in [0.717, 1.165) is 131 Å². The molecule has 3 aromatic heterocycles. The van der Waals surface area contributed by atoms with Gasteiger partial charge in [0.1, 0.15) is 60.1 Å². The number of piperidine rings is 3. The van der Waals surface area contributed by atoms with Gasteiger partial charge in [0.25, 0.3) is 35.4 Å². The predicted molar refractivity (Wildman–Crippen MR) is 494 cm³/mol. The lowest BCUT2D eigenvalue weighted by Gasteiger charge is -2.51. The summed E-state index contributed by atoms with van der Waals surface area (Å²) in [7, 11) is 3.14. The highest BCUT2D eigenvalue weighted by molar-refractivity contribution is 6.00. The number of ether oxygens (including phenoxy) is 9. The van der Waals surface area contributed by atoms with Crippen LogP contribution in [0.5, 0.6) is 40.2 Å². The summed E-state index contributed by atoms with van der Waals surface area (Å²) in [5.74, 6) is -3.63. The molecule has 1 aliphatic carbocycles. The number of piperazine rings is 3. The number of aromatic nitrogens is 3. The largest absolute Gasteiger partial charge is 0.573 e. The van der Waals surface area contributed by atoms with E-state index in [1.807, 2.05) is 65.6 Å². The zero-order valence-electron chi connectivity index (χ0n) is 79.6. The highest BCUT2D eigenvalue weighted by Crippen LogP contribution is 2.58. The van der Waals surface area contributed by atoms with Crippen LogP contribution >= 0.6 is 0 Å². The standard InChI is InChI=1S/C35H36F6N4O5.C34H36F6N4O5.C32H32F6N4O6/c1-48-21-22-49-29-6-3-2-5-28(29)43-17-19-44(20-18-43)31(47)33(50-25-9-7-24(8-10-25)34(36,37)38)12-4-16-45(32(33)13-14-32)30(46)26-23-42-15-11-27(26)35(39,40)41;1-23-19-32(49-25-9-7-24(8-10-25)33(35,36)37,22-44(21-23)30(45)26-20-41-12-11-27(26)34(38,39)40)31(46)43-15-13-42(14-16-43)28-5-3-4-6-29(28)48-18-17-47-2;33-31(34,35)25-10-12-39-20-24(25)28(44)42-13-3-11-30(21-42,47-22-6-8-23(9-7-22)48-32(36,37)38)29(45)41-16-14-40(15-17-41)26-4-1-2-5-27(26)46-19-18-43/h2-3,5-11,15,23H,4,12-14,16-22H2,1H3;3-12,20,23H,13-19,21-22H2,1-2H3;1-2,4-10,12,20,43H,3,11,13-19,21H2/t;23-,32-;/m.0./s1. The minimum Gasteiger partial charge on any atom is -0.489 e. The summed E-state index contributed by atoms with van der Waals surface area (Å²) in [5.41, 5.74) is -11.6. The van der Waals surface area contributed by atoms with E-state index in [1.54, 1.807) is 43.1 Å². The number of likely N-dealkylation sites (tertiary alicyclic amines) is 3. The van der Waals surface area contributed by atoms with Crippen LogP contribution in [0.1, 0.15) is 111 Å². The third-order valence-corrected chi connectivity index (χ3v) is 26.1. The van der Waals surface area contributed by atoms with Crippen LogP contribution in [0.2, 0.25) is 0 Å². The van der Waals surface area contributed by atoms with Crippen molar-refractivity contribution in [2.24, 2.45) is 5.92 Å². The molecule has 2 unspecified atom stereocenters. The number of aliphatic hydroxyl groups excluding tert-OH is 1. The van der Waals surface area contributed by atoms with Crippen molar-refractivity contribution in [1.29, 1.82) is 0 Å². The van der Waals surface area contributed by atoms with Crippen molar-refractivity contribution in [3.8, 4) is 40.2 Å². The van der Waals surface area contributed by atoms with Gasteiger partial charge in [-0.25, -0.2) is 0 Å². The maximum Gasteiger partial charge on any atom is 0.573 e. The quantitative estimate of drug-likeness (QED) is 0.0370. The molecule has 6 amide bonds. The predicted octanol–water partition coefficient (Wildman–Crippen LogP) is 16.6. The summed E-state index contributed by atoms with van der Waals surface area (Å²) in [6, 6.07) is 36.4. The number of benzene rings is 6. The number of methoxy groups -OCH3 is 2. The number of carbonyl (C=O) groups excluding carboxylic acids is 6. The number of rotatable bonds is 27. The van der Waals surface area contributed by atoms with Gasteiger partial charge in [0, 0.05) is 162 Å². The average molecular weight is 2080 g/mol. The Morgan fingerprint density at radius 1 is 0.367 bits per heavy atom. The van der Waals surface area contributed by atoms with Crippen LogP contribution in [0.25, 0.3) is 0 Å². The molecule has 7 aliphatic rings. The number of nitrogens with zero attached hydrogens (tertiary/aromatic N) is 12. The Bertz CT molecular complexity index is 6020. The minimum absolute atomic E-state index is 0.00173. The van der Waals surface area contributed by atoms with E-state index < -0.39 is 164 Å². The van der Waals surface area contributed by atoms with E-state index in [1.165, 1.54) is 21.9 Å². The zero-order valence-corrected chi connectivity index (χ0v) is 79.6. The monoisotopic (exact) mass is 2080 g/mol. The molecule has 46 heteroatoms. The second-order valence-electron chi connectivity index (χ2n) is 35.9. The van der Waals surface area contributed by atoms with Crippen molar-refractivity contribution >= 4 is 52.5 Å². The molecule has 7 fully saturated rings. The molecule has 147 heavy (non-hydrogen) atoms. The second-order valence-corrected chi connectivity index (χ2v) is 35.9. The average Bonchev–Trinajstić information content (AvgIpc) is 1.53. The van der Waals surface area contributed by atoms with E-state index in [0.29, 0.717) is 95.1 Å². The first kappa shape index (κ1) is 109. The van der Waals surface area contributed by atoms with Gasteiger partial charge in [-0.2, -0.15) is 65.9 Å². The Kier molecular flexibility index (Phi) is 33.9. The van der Waals surface area contributed by atoms with E-state index >= 15 is 0 Å². The van der Waals surface area contributed by atoms with Crippen molar-refractivity contribution in [2.45, 2.75) is 111 Å². The van der Waals surface area contributed by atoms with E-state index in [-0.39, 0.29) is 134 Å². The van der Waals surface area contributed by atoms with E-state index in [4.69, 9.17) is 37.9 Å². The van der Waals surface area contributed by atoms with Crippen LogP contribution in [0.15, 0.2) is 201 Å². The summed E-state index contributed by atoms with van der Waals surface area (Å²) < 4.78 is 294. The van der Waals surface area contributed by atoms with Crippen molar-refractivity contribution in [3.05, 3.63) is 245 Å².